The van der Waals surface area contributed by atoms with Gasteiger partial charge in [0.15, 0.2) is 0 Å². The first-order chi connectivity index (χ1) is 16.6. The molecule has 1 atom stereocenters. The van der Waals surface area contributed by atoms with Crippen LogP contribution in [0.5, 0.6) is 5.75 Å². The molecule has 1 saturated heterocycles. The molecule has 8 heteroatoms. The minimum absolute atomic E-state index is 0.0121. The van der Waals surface area contributed by atoms with Crippen molar-refractivity contribution in [3.63, 3.8) is 0 Å². The van der Waals surface area contributed by atoms with Crippen LogP contribution in [0.15, 0.2) is 54.6 Å². The first-order valence-electron chi connectivity index (χ1n) is 11.9. The van der Waals surface area contributed by atoms with Gasteiger partial charge < -0.3 is 24.6 Å². The van der Waals surface area contributed by atoms with Gasteiger partial charge >= 0.3 is 6.09 Å². The Labute approximate surface area is 207 Å². The summed E-state index contributed by atoms with van der Waals surface area (Å²) in [7, 11) is 1.60. The molecule has 8 nitrogen and oxygen atoms in total. The van der Waals surface area contributed by atoms with Crippen LogP contribution in [0.2, 0.25) is 0 Å². The highest BCUT2D eigenvalue weighted by Crippen LogP contribution is 2.15. The highest BCUT2D eigenvalue weighted by Gasteiger charge is 2.31. The summed E-state index contributed by atoms with van der Waals surface area (Å²) >= 11 is 0. The molecule has 1 unspecified atom stereocenters. The van der Waals surface area contributed by atoms with Gasteiger partial charge in [0.05, 0.1) is 13.5 Å². The summed E-state index contributed by atoms with van der Waals surface area (Å²) in [5.41, 5.74) is 1.16. The molecular weight excluding hydrogens is 446 g/mol. The van der Waals surface area contributed by atoms with Crippen LogP contribution in [0.25, 0.3) is 0 Å². The molecule has 0 spiro atoms. The van der Waals surface area contributed by atoms with Crippen molar-refractivity contribution < 1.29 is 23.9 Å². The summed E-state index contributed by atoms with van der Waals surface area (Å²) in [5.74, 6) is 0.547. The van der Waals surface area contributed by atoms with Gasteiger partial charge in [-0.25, -0.2) is 4.79 Å². The first-order valence-corrected chi connectivity index (χ1v) is 11.9. The zero-order valence-corrected chi connectivity index (χ0v) is 21.0. The number of rotatable bonds is 7. The Morgan fingerprint density at radius 2 is 1.54 bits per heavy atom. The maximum Gasteiger partial charge on any atom is 0.408 e. The molecule has 1 aliphatic rings. The van der Waals surface area contributed by atoms with Gasteiger partial charge in [0, 0.05) is 32.6 Å². The molecule has 0 aliphatic carbocycles. The van der Waals surface area contributed by atoms with E-state index in [1.807, 2.05) is 54.6 Å². The second kappa shape index (κ2) is 11.7. The minimum atomic E-state index is -0.758. The van der Waals surface area contributed by atoms with Gasteiger partial charge in [-0.1, -0.05) is 42.5 Å². The van der Waals surface area contributed by atoms with Gasteiger partial charge in [0.25, 0.3) is 0 Å². The van der Waals surface area contributed by atoms with E-state index in [-0.39, 0.29) is 18.2 Å². The molecule has 0 bridgehead atoms. The lowest BCUT2D eigenvalue weighted by atomic mass is 10.0. The summed E-state index contributed by atoms with van der Waals surface area (Å²) in [4.78, 5) is 42.1. The summed E-state index contributed by atoms with van der Waals surface area (Å²) < 4.78 is 10.6. The van der Waals surface area contributed by atoms with E-state index < -0.39 is 17.7 Å². The van der Waals surface area contributed by atoms with Gasteiger partial charge in [0.1, 0.15) is 17.4 Å². The molecule has 2 aromatic rings. The van der Waals surface area contributed by atoms with E-state index in [0.29, 0.717) is 38.3 Å². The van der Waals surface area contributed by atoms with Crippen LogP contribution in [0.4, 0.5) is 4.79 Å². The van der Waals surface area contributed by atoms with Crippen LogP contribution >= 0.6 is 0 Å². The van der Waals surface area contributed by atoms with Crippen LogP contribution in [0.1, 0.15) is 31.9 Å². The second-order valence-corrected chi connectivity index (χ2v) is 9.62. The van der Waals surface area contributed by atoms with E-state index in [2.05, 4.69) is 5.32 Å². The van der Waals surface area contributed by atoms with Crippen LogP contribution < -0.4 is 10.1 Å². The Bertz CT molecular complexity index is 1010. The number of nitrogens with one attached hydrogen (secondary N) is 1. The third kappa shape index (κ3) is 8.02. The second-order valence-electron chi connectivity index (χ2n) is 9.62. The Balaban J connectivity index is 1.60. The predicted octanol–water partition coefficient (Wildman–Crippen LogP) is 3.04. The number of piperazine rings is 1. The largest absolute Gasteiger partial charge is 0.497 e. The average molecular weight is 482 g/mol. The lowest BCUT2D eigenvalue weighted by Gasteiger charge is -2.36. The Kier molecular flexibility index (Phi) is 8.73. The molecule has 0 saturated carbocycles. The van der Waals surface area contributed by atoms with Crippen molar-refractivity contribution in [3.8, 4) is 5.75 Å². The standard InChI is InChI=1S/C27H35N3O5/c1-27(2,3)35-26(33)28-23(18-20-9-6-5-7-10-20)25(32)30-15-13-29(14-16-30)24(31)19-21-11-8-12-22(17-21)34-4/h5-12,17,23H,13-16,18-19H2,1-4H3,(H,28,33). The van der Waals surface area contributed by atoms with Crippen LogP contribution in [-0.2, 0) is 27.2 Å². The highest BCUT2D eigenvalue weighted by atomic mass is 16.6. The molecule has 1 heterocycles. The number of ether oxygens (including phenoxy) is 2. The fourth-order valence-electron chi connectivity index (χ4n) is 3.97. The third-order valence-electron chi connectivity index (χ3n) is 5.71. The van der Waals surface area contributed by atoms with Crippen LogP contribution in [-0.4, -0.2) is 72.6 Å². The molecule has 0 aromatic heterocycles. The molecule has 3 amide bonds. The SMILES string of the molecule is COc1cccc(CC(=O)N2CCN(C(=O)C(Cc3ccccc3)NC(=O)OC(C)(C)C)CC2)c1. The van der Waals surface area contributed by atoms with Crippen LogP contribution in [0, 0.1) is 0 Å². The molecule has 188 valence electrons. The summed E-state index contributed by atoms with van der Waals surface area (Å²) in [6, 6.07) is 16.3. The van der Waals surface area contributed by atoms with E-state index in [0.717, 1.165) is 11.1 Å². The molecule has 0 radical (unpaired) electrons. The van der Waals surface area contributed by atoms with Crippen molar-refractivity contribution in [3.05, 3.63) is 65.7 Å². The topological polar surface area (TPSA) is 88.2 Å². The van der Waals surface area contributed by atoms with Crippen molar-refractivity contribution in [1.82, 2.24) is 15.1 Å². The molecule has 1 aliphatic heterocycles. The normalized spacial score (nSPS) is 14.7. The van der Waals surface area contributed by atoms with Crippen molar-refractivity contribution in [2.45, 2.75) is 45.3 Å². The smallest absolute Gasteiger partial charge is 0.408 e. The van der Waals surface area contributed by atoms with E-state index in [4.69, 9.17) is 9.47 Å². The van der Waals surface area contributed by atoms with E-state index in [1.54, 1.807) is 37.7 Å². The van der Waals surface area contributed by atoms with Gasteiger partial charge in [0.2, 0.25) is 11.8 Å². The molecule has 3 rings (SSSR count). The third-order valence-corrected chi connectivity index (χ3v) is 5.71. The Morgan fingerprint density at radius 3 is 2.17 bits per heavy atom. The lowest BCUT2D eigenvalue weighted by molar-refractivity contribution is -0.140. The fourth-order valence-corrected chi connectivity index (χ4v) is 3.97. The minimum Gasteiger partial charge on any atom is -0.497 e. The van der Waals surface area contributed by atoms with Gasteiger partial charge in [-0.3, -0.25) is 9.59 Å². The summed E-state index contributed by atoms with van der Waals surface area (Å²) in [6.45, 7) is 7.04. The number of hydrogen-bond donors (Lipinski definition) is 1. The zero-order chi connectivity index (χ0) is 25.4. The summed E-state index contributed by atoms with van der Waals surface area (Å²) in [6.07, 6.45) is 0.00877. The Hall–Kier alpha value is -3.55. The van der Waals surface area contributed by atoms with E-state index in [1.165, 1.54) is 0 Å². The highest BCUT2D eigenvalue weighted by molar-refractivity contribution is 5.86. The van der Waals surface area contributed by atoms with Gasteiger partial charge in [-0.2, -0.15) is 0 Å². The number of methoxy groups -OCH3 is 1. The van der Waals surface area contributed by atoms with Crippen molar-refractivity contribution in [2.24, 2.45) is 0 Å². The predicted molar refractivity (Wildman–Crippen MR) is 133 cm³/mol. The fraction of sp³-hybridized carbons (Fsp3) is 0.444. The summed E-state index contributed by atoms with van der Waals surface area (Å²) in [5, 5.41) is 2.75. The molecule has 1 fully saturated rings. The molecule has 35 heavy (non-hydrogen) atoms. The number of amides is 3. The molecule has 1 N–H and O–H groups in total. The average Bonchev–Trinajstić information content (AvgIpc) is 2.83. The number of carbonyl (C=O) groups excluding carboxylic acids is 3. The van der Waals surface area contributed by atoms with Crippen molar-refractivity contribution in [1.29, 1.82) is 0 Å². The van der Waals surface area contributed by atoms with Gasteiger partial charge in [-0.15, -0.1) is 0 Å². The Morgan fingerprint density at radius 1 is 0.914 bits per heavy atom. The number of benzene rings is 2. The maximum absolute atomic E-state index is 13.4. The van der Waals surface area contributed by atoms with Crippen molar-refractivity contribution >= 4 is 17.9 Å². The van der Waals surface area contributed by atoms with Gasteiger partial charge in [-0.05, 0) is 44.0 Å². The number of hydrogen-bond acceptors (Lipinski definition) is 5. The lowest BCUT2D eigenvalue weighted by Crippen LogP contribution is -2.56. The first kappa shape index (κ1) is 26.1. The number of alkyl carbamates (subject to hydrolysis) is 1. The quantitative estimate of drug-likeness (QED) is 0.657. The maximum atomic E-state index is 13.4. The van der Waals surface area contributed by atoms with Crippen LogP contribution in [0.3, 0.4) is 0 Å². The van der Waals surface area contributed by atoms with Crippen molar-refractivity contribution in [2.75, 3.05) is 33.3 Å². The number of carbonyl (C=O) groups is 3. The number of nitrogens with zero attached hydrogens (tertiary/aromatic N) is 2. The van der Waals surface area contributed by atoms with E-state index in [9.17, 15) is 14.4 Å². The zero-order valence-electron chi connectivity index (χ0n) is 21.0. The molecule has 2 aromatic carbocycles. The monoisotopic (exact) mass is 481 g/mol. The molecular formula is C27H35N3O5. The van der Waals surface area contributed by atoms with E-state index >= 15 is 0 Å².